The number of aryl methyl sites for hydroxylation is 2. The number of carbonyl (C=O) groups excluding carboxylic acids is 3. The fraction of sp³-hybridized carbons (Fsp3) is 0.250. The van der Waals surface area contributed by atoms with E-state index in [1.165, 1.54) is 0 Å². The Labute approximate surface area is 191 Å². The van der Waals surface area contributed by atoms with Crippen molar-refractivity contribution in [1.29, 1.82) is 0 Å². The van der Waals surface area contributed by atoms with Crippen molar-refractivity contribution < 1.29 is 19.1 Å². The molecule has 170 valence electrons. The molecule has 4 amide bonds. The summed E-state index contributed by atoms with van der Waals surface area (Å²) in [5, 5.41) is 9.90. The number of nitrogens with zero attached hydrogens (tertiary/aromatic N) is 3. The minimum absolute atomic E-state index is 0.422. The van der Waals surface area contributed by atoms with Gasteiger partial charge in [0, 0.05) is 6.07 Å². The van der Waals surface area contributed by atoms with Crippen LogP contribution in [0.15, 0.2) is 54.6 Å². The van der Waals surface area contributed by atoms with Gasteiger partial charge in [-0.3, -0.25) is 14.5 Å². The molecular weight excluding hydrogens is 422 g/mol. The molecule has 9 nitrogen and oxygen atoms in total. The van der Waals surface area contributed by atoms with Crippen molar-refractivity contribution in [3.05, 3.63) is 71.4 Å². The third-order valence-electron chi connectivity index (χ3n) is 5.62. The molecule has 1 saturated heterocycles. The lowest BCUT2D eigenvalue weighted by Crippen LogP contribution is -2.42. The van der Waals surface area contributed by atoms with Gasteiger partial charge in [0.15, 0.2) is 0 Å². The highest BCUT2D eigenvalue weighted by Crippen LogP contribution is 2.30. The van der Waals surface area contributed by atoms with Gasteiger partial charge >= 0.3 is 6.03 Å². The zero-order valence-electron chi connectivity index (χ0n) is 18.9. The fourth-order valence-electron chi connectivity index (χ4n) is 3.76. The summed E-state index contributed by atoms with van der Waals surface area (Å²) < 4.78 is 6.76. The Balaban J connectivity index is 1.51. The van der Waals surface area contributed by atoms with Crippen LogP contribution in [0.4, 0.5) is 10.6 Å². The van der Waals surface area contributed by atoms with Crippen molar-refractivity contribution in [2.75, 3.05) is 19.0 Å². The van der Waals surface area contributed by atoms with E-state index in [0.29, 0.717) is 22.8 Å². The van der Waals surface area contributed by atoms with Crippen molar-refractivity contribution in [1.82, 2.24) is 20.0 Å². The van der Waals surface area contributed by atoms with Gasteiger partial charge in [0.05, 0.1) is 18.5 Å². The van der Waals surface area contributed by atoms with Crippen molar-refractivity contribution in [2.24, 2.45) is 0 Å². The Morgan fingerprint density at radius 2 is 1.76 bits per heavy atom. The van der Waals surface area contributed by atoms with E-state index in [1.54, 1.807) is 49.0 Å². The summed E-state index contributed by atoms with van der Waals surface area (Å²) in [6.07, 6.45) is 0. The fourth-order valence-corrected chi connectivity index (χ4v) is 3.76. The molecule has 0 saturated carbocycles. The van der Waals surface area contributed by atoms with Crippen molar-refractivity contribution >= 4 is 23.7 Å². The molecule has 1 atom stereocenters. The van der Waals surface area contributed by atoms with Crippen molar-refractivity contribution in [3.8, 4) is 11.4 Å². The molecule has 9 heteroatoms. The van der Waals surface area contributed by atoms with Crippen LogP contribution in [0.1, 0.15) is 23.7 Å². The van der Waals surface area contributed by atoms with Crippen LogP contribution in [-0.4, -0.2) is 46.2 Å². The SMILES string of the molecule is COc1ccc(C2(C)NC(=O)N(CC(=O)Nc3cc(C)nn3-c3ccc(C)cc3)C2=O)cc1. The molecule has 0 spiro atoms. The van der Waals surface area contributed by atoms with Gasteiger partial charge in [0.25, 0.3) is 5.91 Å². The molecule has 2 aromatic carbocycles. The highest BCUT2D eigenvalue weighted by molar-refractivity contribution is 6.10. The van der Waals surface area contributed by atoms with E-state index in [2.05, 4.69) is 15.7 Å². The van der Waals surface area contributed by atoms with Crippen LogP contribution in [0.25, 0.3) is 5.69 Å². The van der Waals surface area contributed by atoms with E-state index >= 15 is 0 Å². The molecular formula is C24H25N5O4. The summed E-state index contributed by atoms with van der Waals surface area (Å²) >= 11 is 0. The summed E-state index contributed by atoms with van der Waals surface area (Å²) in [6, 6.07) is 15.6. The highest BCUT2D eigenvalue weighted by Gasteiger charge is 2.49. The first kappa shape index (κ1) is 22.1. The Hall–Kier alpha value is -4.14. The number of benzene rings is 2. The van der Waals surface area contributed by atoms with E-state index in [0.717, 1.165) is 16.2 Å². The minimum atomic E-state index is -1.27. The third-order valence-corrected chi connectivity index (χ3v) is 5.62. The molecule has 1 aliphatic heterocycles. The van der Waals surface area contributed by atoms with Gasteiger partial charge in [0.1, 0.15) is 23.7 Å². The van der Waals surface area contributed by atoms with E-state index in [4.69, 9.17) is 4.74 Å². The predicted octanol–water partition coefficient (Wildman–Crippen LogP) is 2.90. The van der Waals surface area contributed by atoms with Gasteiger partial charge in [-0.1, -0.05) is 29.8 Å². The number of aromatic nitrogens is 2. The Kier molecular flexibility index (Phi) is 5.63. The molecule has 1 unspecified atom stereocenters. The van der Waals surface area contributed by atoms with Crippen LogP contribution in [0.5, 0.6) is 5.75 Å². The number of anilines is 1. The second kappa shape index (κ2) is 8.42. The number of ether oxygens (including phenoxy) is 1. The van der Waals surface area contributed by atoms with Crippen LogP contribution < -0.4 is 15.4 Å². The molecule has 0 bridgehead atoms. The van der Waals surface area contributed by atoms with Gasteiger partial charge in [-0.05, 0) is 50.6 Å². The number of hydrogen-bond donors (Lipinski definition) is 2. The quantitative estimate of drug-likeness (QED) is 0.566. The van der Waals surface area contributed by atoms with E-state index in [1.807, 2.05) is 38.1 Å². The number of carbonyl (C=O) groups is 3. The number of hydrogen-bond acceptors (Lipinski definition) is 5. The van der Waals surface area contributed by atoms with Gasteiger partial charge in [-0.25, -0.2) is 9.48 Å². The van der Waals surface area contributed by atoms with Crippen LogP contribution in [0, 0.1) is 13.8 Å². The number of rotatable bonds is 6. The normalized spacial score (nSPS) is 17.8. The summed E-state index contributed by atoms with van der Waals surface area (Å²) in [6.45, 7) is 4.99. The lowest BCUT2D eigenvalue weighted by Gasteiger charge is -2.22. The second-order valence-electron chi connectivity index (χ2n) is 8.14. The summed E-state index contributed by atoms with van der Waals surface area (Å²) in [4.78, 5) is 39.4. The van der Waals surface area contributed by atoms with E-state index in [-0.39, 0.29) is 0 Å². The molecule has 0 radical (unpaired) electrons. The molecule has 4 rings (SSSR count). The largest absolute Gasteiger partial charge is 0.497 e. The minimum Gasteiger partial charge on any atom is -0.497 e. The molecule has 1 aromatic heterocycles. The number of methoxy groups -OCH3 is 1. The maximum Gasteiger partial charge on any atom is 0.325 e. The molecule has 2 N–H and O–H groups in total. The number of urea groups is 1. The summed E-state index contributed by atoms with van der Waals surface area (Å²) in [5.74, 6) is 0.0731. The van der Waals surface area contributed by atoms with Crippen LogP contribution in [0.3, 0.4) is 0 Å². The topological polar surface area (TPSA) is 106 Å². The maximum absolute atomic E-state index is 13.1. The molecule has 1 aliphatic rings. The molecule has 2 heterocycles. The van der Waals surface area contributed by atoms with Crippen molar-refractivity contribution in [3.63, 3.8) is 0 Å². The lowest BCUT2D eigenvalue weighted by atomic mass is 9.92. The maximum atomic E-state index is 13.1. The number of imide groups is 1. The van der Waals surface area contributed by atoms with Crippen LogP contribution in [-0.2, 0) is 15.1 Å². The number of nitrogens with one attached hydrogen (secondary N) is 2. The standard InChI is InChI=1S/C24H25N5O4/c1-15-5-9-18(10-6-15)29-20(13-16(2)27-29)25-21(30)14-28-22(31)24(3,26-23(28)32)17-7-11-19(33-4)12-8-17/h5-13H,14H2,1-4H3,(H,25,30)(H,26,32). The number of amides is 4. The third kappa shape index (κ3) is 4.17. The zero-order valence-corrected chi connectivity index (χ0v) is 18.9. The summed E-state index contributed by atoms with van der Waals surface area (Å²) in [7, 11) is 1.55. The summed E-state index contributed by atoms with van der Waals surface area (Å²) in [5.41, 5.74) is 1.92. The smallest absolute Gasteiger partial charge is 0.325 e. The highest BCUT2D eigenvalue weighted by atomic mass is 16.5. The van der Waals surface area contributed by atoms with Gasteiger partial charge in [-0.2, -0.15) is 5.10 Å². The first-order valence-corrected chi connectivity index (χ1v) is 10.4. The van der Waals surface area contributed by atoms with Gasteiger partial charge in [0.2, 0.25) is 5.91 Å². The predicted molar refractivity (Wildman–Crippen MR) is 122 cm³/mol. The lowest BCUT2D eigenvalue weighted by molar-refractivity contribution is -0.133. The molecule has 0 aliphatic carbocycles. The van der Waals surface area contributed by atoms with E-state index in [9.17, 15) is 14.4 Å². The second-order valence-corrected chi connectivity index (χ2v) is 8.14. The first-order valence-electron chi connectivity index (χ1n) is 10.4. The zero-order chi connectivity index (χ0) is 23.8. The average molecular weight is 447 g/mol. The monoisotopic (exact) mass is 447 g/mol. The van der Waals surface area contributed by atoms with Gasteiger partial charge < -0.3 is 15.4 Å². The van der Waals surface area contributed by atoms with Crippen molar-refractivity contribution in [2.45, 2.75) is 26.3 Å². The van der Waals surface area contributed by atoms with Crippen LogP contribution in [0.2, 0.25) is 0 Å². The van der Waals surface area contributed by atoms with Crippen LogP contribution >= 0.6 is 0 Å². The Bertz CT molecular complexity index is 1220. The molecule has 1 fully saturated rings. The Morgan fingerprint density at radius 3 is 2.39 bits per heavy atom. The molecule has 33 heavy (non-hydrogen) atoms. The van der Waals surface area contributed by atoms with E-state index < -0.39 is 29.9 Å². The van der Waals surface area contributed by atoms with Gasteiger partial charge in [-0.15, -0.1) is 0 Å². The average Bonchev–Trinajstić information content (AvgIpc) is 3.26. The Morgan fingerprint density at radius 1 is 1.09 bits per heavy atom. The molecule has 3 aromatic rings. The first-order chi connectivity index (χ1) is 15.7.